The van der Waals surface area contributed by atoms with Crippen molar-refractivity contribution < 1.29 is 8.42 Å². The molecule has 1 heterocycles. The predicted molar refractivity (Wildman–Crippen MR) is 86.5 cm³/mol. The number of piperazine rings is 1. The van der Waals surface area contributed by atoms with Crippen LogP contribution in [0.2, 0.25) is 0 Å². The fourth-order valence-electron chi connectivity index (χ4n) is 2.90. The third kappa shape index (κ3) is 4.05. The van der Waals surface area contributed by atoms with E-state index >= 15 is 0 Å². The zero-order valence-electron chi connectivity index (χ0n) is 13.5. The highest BCUT2D eigenvalue weighted by molar-refractivity contribution is 7.91. The molecule has 1 aromatic rings. The van der Waals surface area contributed by atoms with Gasteiger partial charge >= 0.3 is 0 Å². The second-order valence-corrected chi connectivity index (χ2v) is 8.31. The molecule has 1 aliphatic rings. The number of hydrogen-bond acceptors (Lipinski definition) is 4. The molecule has 0 saturated carbocycles. The Kier molecular flexibility index (Phi) is 5.07. The predicted octanol–water partition coefficient (Wildman–Crippen LogP) is 1.71. The van der Waals surface area contributed by atoms with Crippen molar-refractivity contribution in [2.24, 2.45) is 0 Å². The van der Waals surface area contributed by atoms with E-state index in [4.69, 9.17) is 0 Å². The molecule has 0 unspecified atom stereocenters. The minimum Gasteiger partial charge on any atom is -0.304 e. The van der Waals surface area contributed by atoms with Gasteiger partial charge in [0.1, 0.15) is 0 Å². The highest BCUT2D eigenvalue weighted by Gasteiger charge is 2.24. The first-order valence-corrected chi connectivity index (χ1v) is 9.17. The monoisotopic (exact) mass is 310 g/mol. The van der Waals surface area contributed by atoms with Gasteiger partial charge in [-0.15, -0.1) is 0 Å². The zero-order valence-corrected chi connectivity index (χ0v) is 14.3. The van der Waals surface area contributed by atoms with Crippen LogP contribution in [-0.4, -0.2) is 63.2 Å². The fraction of sp³-hybridized carbons (Fsp3) is 0.625. The molecule has 21 heavy (non-hydrogen) atoms. The Bertz CT molecular complexity index is 598. The van der Waals surface area contributed by atoms with E-state index in [-0.39, 0.29) is 5.75 Å². The molecule has 1 atom stereocenters. The fourth-order valence-corrected chi connectivity index (χ4v) is 4.52. The van der Waals surface area contributed by atoms with Gasteiger partial charge in [0.05, 0.1) is 10.6 Å². The van der Waals surface area contributed by atoms with Crippen molar-refractivity contribution in [1.29, 1.82) is 0 Å². The van der Waals surface area contributed by atoms with E-state index in [1.54, 1.807) is 6.07 Å². The maximum atomic E-state index is 12.6. The maximum absolute atomic E-state index is 12.6. The third-order valence-electron chi connectivity index (χ3n) is 4.29. The summed E-state index contributed by atoms with van der Waals surface area (Å²) in [6.07, 6.45) is 0. The van der Waals surface area contributed by atoms with Crippen molar-refractivity contribution in [3.8, 4) is 0 Å². The lowest BCUT2D eigenvalue weighted by Gasteiger charge is -2.38. The van der Waals surface area contributed by atoms with E-state index in [9.17, 15) is 8.42 Å². The maximum Gasteiger partial charge on any atom is 0.179 e. The van der Waals surface area contributed by atoms with Crippen LogP contribution >= 0.6 is 0 Å². The molecule has 1 saturated heterocycles. The molecule has 4 nitrogen and oxygen atoms in total. The molecular formula is C16H26N2O2S. The number of likely N-dealkylation sites (N-methyl/N-ethyl adjacent to an activating group) is 1. The van der Waals surface area contributed by atoms with Crippen molar-refractivity contribution in [1.82, 2.24) is 9.80 Å². The lowest BCUT2D eigenvalue weighted by Crippen LogP contribution is -2.51. The summed E-state index contributed by atoms with van der Waals surface area (Å²) in [7, 11) is -1.09. The number of benzene rings is 1. The number of aryl methyl sites for hydroxylation is 2. The summed E-state index contributed by atoms with van der Waals surface area (Å²) >= 11 is 0. The summed E-state index contributed by atoms with van der Waals surface area (Å²) in [6.45, 7) is 9.54. The Balaban J connectivity index is 2.06. The molecule has 0 bridgehead atoms. The Labute approximate surface area is 128 Å². The van der Waals surface area contributed by atoms with Gasteiger partial charge in [-0.05, 0) is 45.0 Å². The second kappa shape index (κ2) is 6.46. The van der Waals surface area contributed by atoms with Gasteiger partial charge in [-0.3, -0.25) is 4.90 Å². The van der Waals surface area contributed by atoms with Crippen molar-refractivity contribution in [3.63, 3.8) is 0 Å². The van der Waals surface area contributed by atoms with Crippen LogP contribution in [0.1, 0.15) is 18.1 Å². The first kappa shape index (κ1) is 16.5. The number of nitrogens with zero attached hydrogens (tertiary/aromatic N) is 2. The van der Waals surface area contributed by atoms with Gasteiger partial charge < -0.3 is 4.90 Å². The molecule has 0 N–H and O–H groups in total. The lowest BCUT2D eigenvalue weighted by molar-refractivity contribution is 0.106. The Morgan fingerprint density at radius 2 is 1.95 bits per heavy atom. The molecule has 0 aromatic heterocycles. The Morgan fingerprint density at radius 3 is 2.62 bits per heavy atom. The van der Waals surface area contributed by atoms with Crippen molar-refractivity contribution in [2.45, 2.75) is 31.7 Å². The van der Waals surface area contributed by atoms with Crippen LogP contribution in [0.25, 0.3) is 0 Å². The van der Waals surface area contributed by atoms with Gasteiger partial charge in [0.25, 0.3) is 0 Å². The normalized spacial score (nSPS) is 21.6. The van der Waals surface area contributed by atoms with Crippen LogP contribution in [0.5, 0.6) is 0 Å². The van der Waals surface area contributed by atoms with E-state index in [2.05, 4.69) is 23.8 Å². The van der Waals surface area contributed by atoms with E-state index in [1.807, 2.05) is 26.0 Å². The average Bonchev–Trinajstić information content (AvgIpc) is 2.40. The molecule has 2 rings (SSSR count). The molecule has 0 aliphatic carbocycles. The largest absolute Gasteiger partial charge is 0.304 e. The van der Waals surface area contributed by atoms with Crippen LogP contribution in [0.4, 0.5) is 0 Å². The Hall–Kier alpha value is -0.910. The van der Waals surface area contributed by atoms with Gasteiger partial charge in [-0.1, -0.05) is 12.1 Å². The van der Waals surface area contributed by atoms with E-state index in [0.29, 0.717) is 17.5 Å². The number of hydrogen-bond donors (Lipinski definition) is 0. The standard InChI is InChI=1S/C16H26N2O2S/c1-13-5-6-14(2)16(11-13)21(19,20)10-9-18-8-7-17(4)12-15(18)3/h5-6,11,15H,7-10,12H2,1-4H3/t15-/m0/s1. The molecular weight excluding hydrogens is 284 g/mol. The summed E-state index contributed by atoms with van der Waals surface area (Å²) in [5.74, 6) is 0.200. The highest BCUT2D eigenvalue weighted by atomic mass is 32.2. The van der Waals surface area contributed by atoms with Crippen LogP contribution < -0.4 is 0 Å². The Morgan fingerprint density at radius 1 is 1.24 bits per heavy atom. The average molecular weight is 310 g/mol. The smallest absolute Gasteiger partial charge is 0.179 e. The molecule has 0 radical (unpaired) electrons. The van der Waals surface area contributed by atoms with Crippen molar-refractivity contribution in [2.75, 3.05) is 39.0 Å². The third-order valence-corrected chi connectivity index (χ3v) is 6.12. The van der Waals surface area contributed by atoms with Crippen LogP contribution in [0.3, 0.4) is 0 Å². The lowest BCUT2D eigenvalue weighted by atomic mass is 10.2. The van der Waals surface area contributed by atoms with Crippen molar-refractivity contribution in [3.05, 3.63) is 29.3 Å². The summed E-state index contributed by atoms with van der Waals surface area (Å²) in [6, 6.07) is 6.05. The first-order chi connectivity index (χ1) is 9.79. The molecule has 5 heteroatoms. The number of rotatable bonds is 4. The van der Waals surface area contributed by atoms with Gasteiger partial charge in [0, 0.05) is 32.2 Å². The summed E-state index contributed by atoms with van der Waals surface area (Å²) in [5, 5.41) is 0. The molecule has 1 aromatic carbocycles. The van der Waals surface area contributed by atoms with Crippen LogP contribution in [0.15, 0.2) is 23.1 Å². The molecule has 1 fully saturated rings. The van der Waals surface area contributed by atoms with Gasteiger partial charge in [-0.25, -0.2) is 8.42 Å². The molecule has 0 spiro atoms. The van der Waals surface area contributed by atoms with Crippen LogP contribution in [-0.2, 0) is 9.84 Å². The zero-order chi connectivity index (χ0) is 15.6. The van der Waals surface area contributed by atoms with E-state index < -0.39 is 9.84 Å². The minimum absolute atomic E-state index is 0.200. The molecule has 0 amide bonds. The van der Waals surface area contributed by atoms with Crippen LogP contribution in [0, 0.1) is 13.8 Å². The summed E-state index contributed by atoms with van der Waals surface area (Å²) in [4.78, 5) is 5.06. The van der Waals surface area contributed by atoms with Crippen molar-refractivity contribution >= 4 is 9.84 Å². The summed E-state index contributed by atoms with van der Waals surface area (Å²) in [5.41, 5.74) is 1.83. The minimum atomic E-state index is -3.21. The quantitative estimate of drug-likeness (QED) is 0.849. The van der Waals surface area contributed by atoms with Gasteiger partial charge in [0.2, 0.25) is 0 Å². The van der Waals surface area contributed by atoms with E-state index in [0.717, 1.165) is 30.8 Å². The van der Waals surface area contributed by atoms with Gasteiger partial charge in [-0.2, -0.15) is 0 Å². The van der Waals surface area contributed by atoms with E-state index in [1.165, 1.54) is 0 Å². The first-order valence-electron chi connectivity index (χ1n) is 7.52. The van der Waals surface area contributed by atoms with Gasteiger partial charge in [0.15, 0.2) is 9.84 Å². The second-order valence-electron chi connectivity index (χ2n) is 6.24. The SMILES string of the molecule is Cc1ccc(C)c(S(=O)(=O)CCN2CCN(C)C[C@@H]2C)c1. The molecule has 118 valence electrons. The topological polar surface area (TPSA) is 40.6 Å². The number of sulfone groups is 1. The summed E-state index contributed by atoms with van der Waals surface area (Å²) < 4.78 is 25.2. The molecule has 1 aliphatic heterocycles. The highest BCUT2D eigenvalue weighted by Crippen LogP contribution is 2.19.